The number of hydrogen-bond donors (Lipinski definition) is 4. The fourth-order valence-electron chi connectivity index (χ4n) is 2.56. The number of benzene rings is 2. The zero-order chi connectivity index (χ0) is 20.4. The monoisotopic (exact) mass is 385 g/mol. The van der Waals surface area contributed by atoms with Crippen LogP contribution < -0.4 is 21.3 Å². The van der Waals surface area contributed by atoms with E-state index in [1.807, 2.05) is 44.2 Å². The van der Waals surface area contributed by atoms with Crippen molar-refractivity contribution in [2.45, 2.75) is 32.9 Å². The summed E-state index contributed by atoms with van der Waals surface area (Å²) >= 11 is 0. The molecule has 0 aliphatic carbocycles. The maximum atomic E-state index is 13.2. The van der Waals surface area contributed by atoms with Gasteiger partial charge in [-0.1, -0.05) is 24.3 Å². The Morgan fingerprint density at radius 1 is 1.07 bits per heavy atom. The van der Waals surface area contributed by atoms with Crippen LogP contribution in [0.2, 0.25) is 0 Å². The first-order valence-electron chi connectivity index (χ1n) is 9.31. The molecule has 0 atom stereocenters. The molecular weight excluding hydrogens is 357 g/mol. The summed E-state index contributed by atoms with van der Waals surface area (Å²) in [6.07, 6.45) is 0.706. The van der Waals surface area contributed by atoms with Crippen molar-refractivity contribution in [2.75, 3.05) is 18.9 Å². The van der Waals surface area contributed by atoms with Gasteiger partial charge in [-0.2, -0.15) is 0 Å². The van der Waals surface area contributed by atoms with Crippen molar-refractivity contribution in [3.8, 4) is 0 Å². The minimum atomic E-state index is -0.223. The van der Waals surface area contributed by atoms with E-state index in [9.17, 15) is 9.18 Å². The third kappa shape index (κ3) is 7.65. The molecule has 0 fully saturated rings. The fourth-order valence-corrected chi connectivity index (χ4v) is 2.56. The lowest BCUT2D eigenvalue weighted by atomic mass is 10.1. The summed E-state index contributed by atoms with van der Waals surface area (Å²) in [5, 5.41) is 12.0. The highest BCUT2D eigenvalue weighted by Crippen LogP contribution is 2.09. The van der Waals surface area contributed by atoms with Crippen LogP contribution in [0.1, 0.15) is 25.0 Å². The SMILES string of the molecule is CN=C(NCCc1cccc(F)c1)NCc1ccc(NC(=O)NC(C)C)cc1. The molecule has 0 spiro atoms. The van der Waals surface area contributed by atoms with Crippen molar-refractivity contribution in [1.29, 1.82) is 0 Å². The molecule has 0 radical (unpaired) electrons. The molecule has 0 aliphatic rings. The largest absolute Gasteiger partial charge is 0.356 e. The van der Waals surface area contributed by atoms with Crippen LogP contribution in [0, 0.1) is 5.82 Å². The molecule has 7 heteroatoms. The number of urea groups is 1. The van der Waals surface area contributed by atoms with Gasteiger partial charge in [-0.15, -0.1) is 0 Å². The van der Waals surface area contributed by atoms with E-state index in [0.29, 0.717) is 25.5 Å². The van der Waals surface area contributed by atoms with Gasteiger partial charge in [0, 0.05) is 31.9 Å². The number of halogens is 1. The van der Waals surface area contributed by atoms with Crippen molar-refractivity contribution < 1.29 is 9.18 Å². The molecule has 0 bridgehead atoms. The number of anilines is 1. The molecular formula is C21H28FN5O. The van der Waals surface area contributed by atoms with Crippen LogP contribution in [-0.4, -0.2) is 31.6 Å². The van der Waals surface area contributed by atoms with Gasteiger partial charge in [0.2, 0.25) is 0 Å². The normalized spacial score (nSPS) is 11.2. The molecule has 150 valence electrons. The Morgan fingerprint density at radius 2 is 1.82 bits per heavy atom. The maximum Gasteiger partial charge on any atom is 0.319 e. The Kier molecular flexibility index (Phi) is 8.27. The first-order valence-corrected chi connectivity index (χ1v) is 9.31. The predicted molar refractivity (Wildman–Crippen MR) is 112 cm³/mol. The second-order valence-corrected chi connectivity index (χ2v) is 6.68. The highest BCUT2D eigenvalue weighted by molar-refractivity contribution is 5.89. The zero-order valence-corrected chi connectivity index (χ0v) is 16.6. The standard InChI is InChI=1S/C21H28FN5O/c1-15(2)26-21(28)27-19-9-7-17(8-10-19)14-25-20(23-3)24-12-11-16-5-4-6-18(22)13-16/h4-10,13,15H,11-12,14H2,1-3H3,(H2,23,24,25)(H2,26,27,28). The van der Waals surface area contributed by atoms with Gasteiger partial charge in [-0.25, -0.2) is 9.18 Å². The van der Waals surface area contributed by atoms with Crippen molar-refractivity contribution >= 4 is 17.7 Å². The summed E-state index contributed by atoms with van der Waals surface area (Å²) in [6.45, 7) is 5.07. The third-order valence-corrected chi connectivity index (χ3v) is 3.91. The maximum absolute atomic E-state index is 13.2. The number of rotatable bonds is 7. The zero-order valence-electron chi connectivity index (χ0n) is 16.6. The van der Waals surface area contributed by atoms with Gasteiger partial charge in [0.15, 0.2) is 5.96 Å². The van der Waals surface area contributed by atoms with Gasteiger partial charge in [0.25, 0.3) is 0 Å². The number of nitrogens with zero attached hydrogens (tertiary/aromatic N) is 1. The van der Waals surface area contributed by atoms with Crippen LogP contribution in [0.15, 0.2) is 53.5 Å². The molecule has 4 N–H and O–H groups in total. The average molecular weight is 385 g/mol. The van der Waals surface area contributed by atoms with Gasteiger partial charge >= 0.3 is 6.03 Å². The minimum absolute atomic E-state index is 0.0867. The van der Waals surface area contributed by atoms with E-state index >= 15 is 0 Å². The van der Waals surface area contributed by atoms with Crippen LogP contribution in [0.25, 0.3) is 0 Å². The molecule has 2 rings (SSSR count). The summed E-state index contributed by atoms with van der Waals surface area (Å²) in [5.74, 6) is 0.453. The van der Waals surface area contributed by atoms with Crippen molar-refractivity contribution in [3.63, 3.8) is 0 Å². The molecule has 0 aliphatic heterocycles. The number of hydrogen-bond acceptors (Lipinski definition) is 2. The van der Waals surface area contributed by atoms with Gasteiger partial charge in [0.05, 0.1) is 0 Å². The lowest BCUT2D eigenvalue weighted by molar-refractivity contribution is 0.250. The number of aliphatic imine (C=N–C) groups is 1. The van der Waals surface area contributed by atoms with E-state index in [2.05, 4.69) is 26.3 Å². The summed E-state index contributed by atoms with van der Waals surface area (Å²) in [7, 11) is 1.71. The Morgan fingerprint density at radius 3 is 2.46 bits per heavy atom. The Hall–Kier alpha value is -3.09. The van der Waals surface area contributed by atoms with E-state index in [-0.39, 0.29) is 17.9 Å². The average Bonchev–Trinajstić information content (AvgIpc) is 2.65. The van der Waals surface area contributed by atoms with E-state index in [1.54, 1.807) is 13.1 Å². The van der Waals surface area contributed by atoms with Gasteiger partial charge in [-0.05, 0) is 55.7 Å². The second kappa shape index (κ2) is 10.9. The first kappa shape index (κ1) is 21.2. The van der Waals surface area contributed by atoms with E-state index in [0.717, 1.165) is 16.8 Å². The van der Waals surface area contributed by atoms with Crippen molar-refractivity contribution in [3.05, 3.63) is 65.5 Å². The Bertz CT molecular complexity index is 790. The highest BCUT2D eigenvalue weighted by Gasteiger charge is 2.04. The molecule has 0 unspecified atom stereocenters. The van der Waals surface area contributed by atoms with Crippen LogP contribution in [0.3, 0.4) is 0 Å². The number of amides is 2. The van der Waals surface area contributed by atoms with Gasteiger partial charge in [0.1, 0.15) is 5.82 Å². The molecule has 2 aromatic carbocycles. The molecule has 0 heterocycles. The van der Waals surface area contributed by atoms with Crippen LogP contribution >= 0.6 is 0 Å². The number of carbonyl (C=O) groups is 1. The smallest absolute Gasteiger partial charge is 0.319 e. The molecule has 28 heavy (non-hydrogen) atoms. The van der Waals surface area contributed by atoms with Gasteiger partial charge in [-0.3, -0.25) is 4.99 Å². The van der Waals surface area contributed by atoms with E-state index in [1.165, 1.54) is 12.1 Å². The molecule has 0 saturated heterocycles. The lowest BCUT2D eigenvalue weighted by Gasteiger charge is -2.13. The van der Waals surface area contributed by atoms with Crippen LogP contribution in [0.5, 0.6) is 0 Å². The Balaban J connectivity index is 1.75. The molecule has 6 nitrogen and oxygen atoms in total. The minimum Gasteiger partial charge on any atom is -0.356 e. The molecule has 2 amide bonds. The van der Waals surface area contributed by atoms with E-state index in [4.69, 9.17) is 0 Å². The summed E-state index contributed by atoms with van der Waals surface area (Å²) < 4.78 is 13.2. The lowest BCUT2D eigenvalue weighted by Crippen LogP contribution is -2.37. The molecule has 0 saturated carbocycles. The Labute approximate surface area is 165 Å². The third-order valence-electron chi connectivity index (χ3n) is 3.91. The highest BCUT2D eigenvalue weighted by atomic mass is 19.1. The predicted octanol–water partition coefficient (Wildman–Crippen LogP) is 3.26. The summed E-state index contributed by atoms with van der Waals surface area (Å²) in [5.41, 5.74) is 2.73. The number of nitrogens with one attached hydrogen (secondary N) is 4. The summed E-state index contributed by atoms with van der Waals surface area (Å²) in [4.78, 5) is 15.9. The topological polar surface area (TPSA) is 77.6 Å². The number of guanidine groups is 1. The second-order valence-electron chi connectivity index (χ2n) is 6.68. The molecule has 0 aromatic heterocycles. The quantitative estimate of drug-likeness (QED) is 0.436. The van der Waals surface area contributed by atoms with Crippen LogP contribution in [-0.2, 0) is 13.0 Å². The first-order chi connectivity index (χ1) is 13.5. The van der Waals surface area contributed by atoms with Crippen molar-refractivity contribution in [2.24, 2.45) is 4.99 Å². The van der Waals surface area contributed by atoms with Gasteiger partial charge < -0.3 is 21.3 Å². The fraction of sp³-hybridized carbons (Fsp3) is 0.333. The molecule has 2 aromatic rings. The summed E-state index contributed by atoms with van der Waals surface area (Å²) in [6, 6.07) is 14.1. The van der Waals surface area contributed by atoms with Crippen molar-refractivity contribution in [1.82, 2.24) is 16.0 Å². The van der Waals surface area contributed by atoms with Crippen LogP contribution in [0.4, 0.5) is 14.9 Å². The van der Waals surface area contributed by atoms with E-state index < -0.39 is 0 Å². The number of carbonyl (C=O) groups excluding carboxylic acids is 1.